The predicted molar refractivity (Wildman–Crippen MR) is 172 cm³/mol. The van der Waals surface area contributed by atoms with Crippen LogP contribution in [-0.4, -0.2) is 42.0 Å². The molecule has 2 N–H and O–H groups in total. The smallest absolute Gasteiger partial charge is 0.326 e. The number of hydrogen-bond donors (Lipinski definition) is 2. The van der Waals surface area contributed by atoms with E-state index in [2.05, 4.69) is 5.32 Å². The lowest BCUT2D eigenvalue weighted by Crippen LogP contribution is -2.36. The summed E-state index contributed by atoms with van der Waals surface area (Å²) in [6.45, 7) is 1.03. The van der Waals surface area contributed by atoms with E-state index in [4.69, 9.17) is 4.74 Å². The van der Waals surface area contributed by atoms with E-state index >= 15 is 0 Å². The van der Waals surface area contributed by atoms with Crippen molar-refractivity contribution in [3.63, 3.8) is 0 Å². The SMILES string of the molecule is O=C(c1ccccc1)c1ccccc1NC(Cc1ccc(OCCCN(C(=O)C2CCCC2)c2ccccc2)cc1)C(=O)O. The van der Waals surface area contributed by atoms with Crippen LogP contribution in [0.15, 0.2) is 109 Å². The average Bonchev–Trinajstić information content (AvgIpc) is 3.61. The highest BCUT2D eigenvalue weighted by Crippen LogP contribution is 2.29. The second-order valence-corrected chi connectivity index (χ2v) is 11.1. The summed E-state index contributed by atoms with van der Waals surface area (Å²) in [5, 5.41) is 13.0. The molecular formula is C37H38N2O5. The van der Waals surface area contributed by atoms with E-state index < -0.39 is 12.0 Å². The number of aliphatic carboxylic acids is 1. The normalized spacial score (nSPS) is 13.6. The summed E-state index contributed by atoms with van der Waals surface area (Å²) in [4.78, 5) is 40.4. The summed E-state index contributed by atoms with van der Waals surface area (Å²) in [5.41, 5.74) is 3.18. The second-order valence-electron chi connectivity index (χ2n) is 11.1. The first-order valence-corrected chi connectivity index (χ1v) is 15.3. The molecule has 1 amide bonds. The molecule has 0 aliphatic heterocycles. The van der Waals surface area contributed by atoms with Crippen LogP contribution in [0.5, 0.6) is 5.75 Å². The first kappa shape index (κ1) is 30.5. The highest BCUT2D eigenvalue weighted by atomic mass is 16.5. The van der Waals surface area contributed by atoms with Crippen molar-refractivity contribution in [2.45, 2.75) is 44.6 Å². The molecule has 0 bridgehead atoms. The molecule has 44 heavy (non-hydrogen) atoms. The van der Waals surface area contributed by atoms with Crippen molar-refractivity contribution in [3.8, 4) is 5.75 Å². The number of carboxylic acids is 1. The Morgan fingerprint density at radius 1 is 0.818 bits per heavy atom. The van der Waals surface area contributed by atoms with Crippen LogP contribution in [0.2, 0.25) is 0 Å². The van der Waals surface area contributed by atoms with Gasteiger partial charge in [-0.2, -0.15) is 0 Å². The molecule has 0 saturated heterocycles. The van der Waals surface area contributed by atoms with Gasteiger partial charge in [-0.3, -0.25) is 9.59 Å². The first-order valence-electron chi connectivity index (χ1n) is 15.3. The summed E-state index contributed by atoms with van der Waals surface area (Å²) in [7, 11) is 0. The van der Waals surface area contributed by atoms with Gasteiger partial charge in [-0.15, -0.1) is 0 Å². The lowest BCUT2D eigenvalue weighted by Gasteiger charge is -2.26. The van der Waals surface area contributed by atoms with Gasteiger partial charge in [0.1, 0.15) is 11.8 Å². The Morgan fingerprint density at radius 2 is 1.45 bits per heavy atom. The van der Waals surface area contributed by atoms with Crippen molar-refractivity contribution in [1.29, 1.82) is 0 Å². The van der Waals surface area contributed by atoms with E-state index in [1.54, 1.807) is 48.5 Å². The number of ether oxygens (including phenoxy) is 1. The summed E-state index contributed by atoms with van der Waals surface area (Å²) in [6, 6.07) is 32.2. The van der Waals surface area contributed by atoms with Crippen LogP contribution in [0.25, 0.3) is 0 Å². The van der Waals surface area contributed by atoms with Crippen LogP contribution in [-0.2, 0) is 16.0 Å². The quantitative estimate of drug-likeness (QED) is 0.121. The van der Waals surface area contributed by atoms with Gasteiger partial charge < -0.3 is 20.1 Å². The average molecular weight is 591 g/mol. The van der Waals surface area contributed by atoms with Crippen LogP contribution in [0.1, 0.15) is 53.6 Å². The Labute approximate surface area is 258 Å². The van der Waals surface area contributed by atoms with Crippen molar-refractivity contribution in [2.75, 3.05) is 23.4 Å². The molecule has 7 heteroatoms. The lowest BCUT2D eigenvalue weighted by molar-refractivity contribution is -0.137. The molecule has 0 aromatic heterocycles. The summed E-state index contributed by atoms with van der Waals surface area (Å²) < 4.78 is 5.98. The Hall–Kier alpha value is -4.91. The van der Waals surface area contributed by atoms with Crippen molar-refractivity contribution in [3.05, 3.63) is 126 Å². The van der Waals surface area contributed by atoms with Crippen LogP contribution in [0, 0.1) is 5.92 Å². The molecule has 7 nitrogen and oxygen atoms in total. The van der Waals surface area contributed by atoms with Gasteiger partial charge in [0.15, 0.2) is 5.78 Å². The molecule has 1 atom stereocenters. The Balaban J connectivity index is 1.16. The van der Waals surface area contributed by atoms with Crippen molar-refractivity contribution in [2.24, 2.45) is 5.92 Å². The minimum atomic E-state index is -1.01. The van der Waals surface area contributed by atoms with Crippen molar-refractivity contribution >= 4 is 29.0 Å². The Morgan fingerprint density at radius 3 is 2.14 bits per heavy atom. The maximum atomic E-state index is 13.2. The largest absolute Gasteiger partial charge is 0.494 e. The van der Waals surface area contributed by atoms with Gasteiger partial charge in [-0.25, -0.2) is 4.79 Å². The third-order valence-electron chi connectivity index (χ3n) is 8.03. The third-order valence-corrected chi connectivity index (χ3v) is 8.03. The molecule has 1 saturated carbocycles. The monoisotopic (exact) mass is 590 g/mol. The number of nitrogens with one attached hydrogen (secondary N) is 1. The van der Waals surface area contributed by atoms with E-state index in [0.29, 0.717) is 42.1 Å². The van der Waals surface area contributed by atoms with E-state index in [0.717, 1.165) is 36.9 Å². The van der Waals surface area contributed by atoms with E-state index in [1.807, 2.05) is 65.6 Å². The van der Waals surface area contributed by atoms with Gasteiger partial charge in [0.2, 0.25) is 5.91 Å². The van der Waals surface area contributed by atoms with Crippen LogP contribution >= 0.6 is 0 Å². The number of ketones is 1. The number of nitrogens with zero attached hydrogens (tertiary/aromatic N) is 1. The number of carbonyl (C=O) groups is 3. The molecule has 0 radical (unpaired) electrons. The molecule has 226 valence electrons. The van der Waals surface area contributed by atoms with Crippen LogP contribution in [0.3, 0.4) is 0 Å². The predicted octanol–water partition coefficient (Wildman–Crippen LogP) is 7.02. The fourth-order valence-electron chi connectivity index (χ4n) is 5.68. The third kappa shape index (κ3) is 7.92. The highest BCUT2D eigenvalue weighted by molar-refractivity contribution is 6.12. The molecule has 1 aliphatic carbocycles. The van der Waals surface area contributed by atoms with Gasteiger partial charge in [-0.05, 0) is 61.2 Å². The van der Waals surface area contributed by atoms with Gasteiger partial charge >= 0.3 is 5.97 Å². The van der Waals surface area contributed by atoms with Gasteiger partial charge in [0.05, 0.1) is 6.61 Å². The van der Waals surface area contributed by atoms with Gasteiger partial charge in [0.25, 0.3) is 0 Å². The zero-order valence-corrected chi connectivity index (χ0v) is 24.7. The molecule has 4 aromatic rings. The highest BCUT2D eigenvalue weighted by Gasteiger charge is 2.28. The number of carbonyl (C=O) groups excluding carboxylic acids is 2. The Kier molecular flexibility index (Phi) is 10.4. The van der Waals surface area contributed by atoms with Crippen molar-refractivity contribution in [1.82, 2.24) is 0 Å². The zero-order valence-electron chi connectivity index (χ0n) is 24.7. The summed E-state index contributed by atoms with van der Waals surface area (Å²) >= 11 is 0. The summed E-state index contributed by atoms with van der Waals surface area (Å²) in [6.07, 6.45) is 5.05. The number of hydrogen-bond acceptors (Lipinski definition) is 5. The number of carboxylic acid groups (broad SMARTS) is 1. The van der Waals surface area contributed by atoms with E-state index in [-0.39, 0.29) is 24.0 Å². The molecule has 4 aromatic carbocycles. The second kappa shape index (κ2) is 15.0. The van der Waals surface area contributed by atoms with Crippen LogP contribution in [0.4, 0.5) is 11.4 Å². The van der Waals surface area contributed by atoms with Crippen molar-refractivity contribution < 1.29 is 24.2 Å². The molecule has 1 fully saturated rings. The molecular weight excluding hydrogens is 552 g/mol. The molecule has 5 rings (SSSR count). The number of benzene rings is 4. The minimum Gasteiger partial charge on any atom is -0.494 e. The van der Waals surface area contributed by atoms with Gasteiger partial charge in [0, 0.05) is 41.4 Å². The minimum absolute atomic E-state index is 0.102. The molecule has 0 spiro atoms. The fraction of sp³-hybridized carbons (Fsp3) is 0.270. The number of para-hydroxylation sites is 2. The first-order chi connectivity index (χ1) is 21.5. The topological polar surface area (TPSA) is 95.9 Å². The number of amides is 1. The Bertz CT molecular complexity index is 1530. The molecule has 1 aliphatic rings. The zero-order chi connectivity index (χ0) is 30.7. The molecule has 1 unspecified atom stereocenters. The van der Waals surface area contributed by atoms with E-state index in [1.165, 1.54) is 0 Å². The fourth-order valence-corrected chi connectivity index (χ4v) is 5.68. The maximum Gasteiger partial charge on any atom is 0.326 e. The van der Waals surface area contributed by atoms with Crippen LogP contribution < -0.4 is 15.0 Å². The van der Waals surface area contributed by atoms with Gasteiger partial charge in [-0.1, -0.05) is 85.6 Å². The number of anilines is 2. The summed E-state index contributed by atoms with van der Waals surface area (Å²) in [5.74, 6) is -0.199. The van der Waals surface area contributed by atoms with E-state index in [9.17, 15) is 19.5 Å². The number of rotatable bonds is 14. The standard InChI is InChI=1S/C37H38N2O5/c40-35(28-12-3-1-4-13-28)32-18-9-10-19-33(32)38-34(37(42)43)26-27-20-22-31(23-21-27)44-25-11-24-39(30-16-5-2-6-17-30)36(41)29-14-7-8-15-29/h1-6,9-10,12-13,16-23,29,34,38H,7-8,11,14-15,24-26H2,(H,42,43). The maximum absolute atomic E-state index is 13.2. The lowest BCUT2D eigenvalue weighted by atomic mass is 10.00. The molecule has 0 heterocycles.